The number of fused-ring (bicyclic) bond motifs is 1. The molecule has 0 aliphatic carbocycles. The third kappa shape index (κ3) is 5.09. The van der Waals surface area contributed by atoms with E-state index in [0.717, 1.165) is 35.3 Å². The minimum Gasteiger partial charge on any atom is -0.495 e. The Morgan fingerprint density at radius 3 is 2.59 bits per heavy atom. The first-order valence-electron chi connectivity index (χ1n) is 10.8. The maximum Gasteiger partial charge on any atom is 0.319 e. The van der Waals surface area contributed by atoms with Crippen molar-refractivity contribution in [1.82, 2.24) is 14.9 Å². The lowest BCUT2D eigenvalue weighted by atomic mass is 10.1. The van der Waals surface area contributed by atoms with Crippen molar-refractivity contribution in [2.75, 3.05) is 19.0 Å². The standard InChI is InChI=1S/C26H28N4O2/c1-19-12-14-24(32-2)22(18-19)29-26(31)27-16-17-30-23-11-7-6-10-21(23)28-25(30)15-13-20-8-4-3-5-9-20/h3-12,14,18H,13,15-17H2,1-2H3,(H2,27,29,31). The van der Waals surface area contributed by atoms with E-state index < -0.39 is 0 Å². The molecule has 0 fully saturated rings. The quantitative estimate of drug-likeness (QED) is 0.417. The first-order chi connectivity index (χ1) is 15.6. The van der Waals surface area contributed by atoms with E-state index in [0.29, 0.717) is 24.5 Å². The van der Waals surface area contributed by atoms with Crippen molar-refractivity contribution in [2.24, 2.45) is 0 Å². The summed E-state index contributed by atoms with van der Waals surface area (Å²) < 4.78 is 7.54. The van der Waals surface area contributed by atoms with Gasteiger partial charge >= 0.3 is 6.03 Å². The van der Waals surface area contributed by atoms with Crippen molar-refractivity contribution in [3.05, 3.63) is 89.7 Å². The largest absolute Gasteiger partial charge is 0.495 e. The van der Waals surface area contributed by atoms with Crippen LogP contribution in [0, 0.1) is 6.92 Å². The van der Waals surface area contributed by atoms with Crippen LogP contribution in [0.1, 0.15) is 17.0 Å². The van der Waals surface area contributed by atoms with Gasteiger partial charge in [0.05, 0.1) is 23.8 Å². The van der Waals surface area contributed by atoms with Gasteiger partial charge in [-0.05, 0) is 48.7 Å². The van der Waals surface area contributed by atoms with Gasteiger partial charge in [0, 0.05) is 19.5 Å². The number of aromatic nitrogens is 2. The molecule has 0 unspecified atom stereocenters. The number of amides is 2. The van der Waals surface area contributed by atoms with Crippen LogP contribution < -0.4 is 15.4 Å². The zero-order valence-electron chi connectivity index (χ0n) is 18.5. The van der Waals surface area contributed by atoms with E-state index in [4.69, 9.17) is 9.72 Å². The van der Waals surface area contributed by atoms with Crippen LogP contribution in [0.15, 0.2) is 72.8 Å². The summed E-state index contributed by atoms with van der Waals surface area (Å²) in [6, 6.07) is 24.0. The van der Waals surface area contributed by atoms with Gasteiger partial charge in [-0.2, -0.15) is 0 Å². The van der Waals surface area contributed by atoms with Crippen LogP contribution >= 0.6 is 0 Å². The fraction of sp³-hybridized carbons (Fsp3) is 0.231. The number of methoxy groups -OCH3 is 1. The summed E-state index contributed by atoms with van der Waals surface area (Å²) in [7, 11) is 1.59. The van der Waals surface area contributed by atoms with E-state index in [1.165, 1.54) is 5.56 Å². The summed E-state index contributed by atoms with van der Waals surface area (Å²) in [5, 5.41) is 5.83. The third-order valence-corrected chi connectivity index (χ3v) is 5.44. The molecule has 4 aromatic rings. The molecular formula is C26H28N4O2. The third-order valence-electron chi connectivity index (χ3n) is 5.44. The van der Waals surface area contributed by atoms with Crippen molar-refractivity contribution >= 4 is 22.8 Å². The Labute approximate surface area is 188 Å². The fourth-order valence-corrected chi connectivity index (χ4v) is 3.83. The highest BCUT2D eigenvalue weighted by Gasteiger charge is 2.12. The molecule has 0 atom stereocenters. The van der Waals surface area contributed by atoms with E-state index >= 15 is 0 Å². The predicted molar refractivity (Wildman–Crippen MR) is 128 cm³/mol. The number of carbonyl (C=O) groups is 1. The maximum atomic E-state index is 12.5. The van der Waals surface area contributed by atoms with Crippen LogP contribution in [0.25, 0.3) is 11.0 Å². The second kappa shape index (κ2) is 10.0. The Balaban J connectivity index is 1.42. The highest BCUT2D eigenvalue weighted by atomic mass is 16.5. The summed E-state index contributed by atoms with van der Waals surface area (Å²) in [5.74, 6) is 1.66. The molecule has 0 aliphatic rings. The molecule has 2 amide bonds. The first-order valence-corrected chi connectivity index (χ1v) is 10.8. The van der Waals surface area contributed by atoms with Gasteiger partial charge in [-0.1, -0.05) is 48.5 Å². The monoisotopic (exact) mass is 428 g/mol. The average molecular weight is 429 g/mol. The van der Waals surface area contributed by atoms with E-state index in [2.05, 4.69) is 45.5 Å². The number of hydrogen-bond acceptors (Lipinski definition) is 3. The summed E-state index contributed by atoms with van der Waals surface area (Å²) in [6.45, 7) is 3.10. The lowest BCUT2D eigenvalue weighted by molar-refractivity contribution is 0.251. The Morgan fingerprint density at radius 2 is 1.78 bits per heavy atom. The van der Waals surface area contributed by atoms with Crippen molar-refractivity contribution in [3.63, 3.8) is 0 Å². The van der Waals surface area contributed by atoms with Gasteiger partial charge in [0.15, 0.2) is 0 Å². The van der Waals surface area contributed by atoms with Gasteiger partial charge in [-0.15, -0.1) is 0 Å². The molecular weight excluding hydrogens is 400 g/mol. The number of ether oxygens (including phenoxy) is 1. The van der Waals surface area contributed by atoms with Gasteiger partial charge in [-0.3, -0.25) is 0 Å². The average Bonchev–Trinajstić information content (AvgIpc) is 3.16. The second-order valence-corrected chi connectivity index (χ2v) is 7.74. The van der Waals surface area contributed by atoms with Crippen molar-refractivity contribution in [3.8, 4) is 5.75 Å². The van der Waals surface area contributed by atoms with Crippen molar-refractivity contribution in [1.29, 1.82) is 0 Å². The van der Waals surface area contributed by atoms with Crippen LogP contribution in [0.2, 0.25) is 0 Å². The smallest absolute Gasteiger partial charge is 0.319 e. The van der Waals surface area contributed by atoms with Crippen LogP contribution in [-0.2, 0) is 19.4 Å². The van der Waals surface area contributed by atoms with Crippen molar-refractivity contribution < 1.29 is 9.53 Å². The number of rotatable bonds is 8. The van der Waals surface area contributed by atoms with E-state index in [9.17, 15) is 4.79 Å². The SMILES string of the molecule is COc1ccc(C)cc1NC(=O)NCCn1c(CCc2ccccc2)nc2ccccc21. The molecule has 6 nitrogen and oxygen atoms in total. The molecule has 1 heterocycles. The highest BCUT2D eigenvalue weighted by Crippen LogP contribution is 2.25. The van der Waals surface area contributed by atoms with Crippen molar-refractivity contribution in [2.45, 2.75) is 26.3 Å². The minimum absolute atomic E-state index is 0.260. The van der Waals surface area contributed by atoms with Crippen LogP contribution in [0.4, 0.5) is 10.5 Å². The molecule has 1 aromatic heterocycles. The molecule has 0 saturated carbocycles. The van der Waals surface area contributed by atoms with Gasteiger partial charge in [0.25, 0.3) is 0 Å². The fourth-order valence-electron chi connectivity index (χ4n) is 3.83. The molecule has 6 heteroatoms. The summed E-state index contributed by atoms with van der Waals surface area (Å²) in [6.07, 6.45) is 1.76. The normalized spacial score (nSPS) is 10.8. The molecule has 0 bridgehead atoms. The molecule has 0 saturated heterocycles. The van der Waals surface area contributed by atoms with Gasteiger partial charge in [-0.25, -0.2) is 9.78 Å². The molecule has 0 spiro atoms. The number of anilines is 1. The second-order valence-electron chi connectivity index (χ2n) is 7.74. The minimum atomic E-state index is -0.260. The van der Waals surface area contributed by atoms with Crippen LogP contribution in [-0.4, -0.2) is 29.2 Å². The summed E-state index contributed by atoms with van der Waals surface area (Å²) in [4.78, 5) is 17.3. The Kier molecular flexibility index (Phi) is 6.70. The van der Waals surface area contributed by atoms with Gasteiger partial charge < -0.3 is 19.9 Å². The number of aryl methyl sites for hydroxylation is 3. The zero-order chi connectivity index (χ0) is 22.3. The Hall–Kier alpha value is -3.80. The number of benzene rings is 3. The maximum absolute atomic E-state index is 12.5. The summed E-state index contributed by atoms with van der Waals surface area (Å²) >= 11 is 0. The highest BCUT2D eigenvalue weighted by molar-refractivity contribution is 5.91. The number of imidazole rings is 1. The number of urea groups is 1. The van der Waals surface area contributed by atoms with E-state index in [1.807, 2.05) is 49.4 Å². The molecule has 164 valence electrons. The zero-order valence-corrected chi connectivity index (χ0v) is 18.5. The number of nitrogens with zero attached hydrogens (tertiary/aromatic N) is 2. The molecule has 32 heavy (non-hydrogen) atoms. The van der Waals surface area contributed by atoms with Crippen LogP contribution in [0.5, 0.6) is 5.75 Å². The topological polar surface area (TPSA) is 68.2 Å². The van der Waals surface area contributed by atoms with Crippen LogP contribution in [0.3, 0.4) is 0 Å². The molecule has 0 aliphatic heterocycles. The van der Waals surface area contributed by atoms with Gasteiger partial charge in [0.2, 0.25) is 0 Å². The molecule has 4 rings (SSSR count). The van der Waals surface area contributed by atoms with Gasteiger partial charge in [0.1, 0.15) is 11.6 Å². The lowest BCUT2D eigenvalue weighted by Crippen LogP contribution is -2.32. The number of para-hydroxylation sites is 2. The predicted octanol–water partition coefficient (Wildman–Crippen LogP) is 4.96. The molecule has 2 N–H and O–H groups in total. The van der Waals surface area contributed by atoms with E-state index in [-0.39, 0.29) is 6.03 Å². The first kappa shape index (κ1) is 21.4. The Bertz CT molecular complexity index is 1200. The van der Waals surface area contributed by atoms with E-state index in [1.54, 1.807) is 7.11 Å². The number of nitrogens with one attached hydrogen (secondary N) is 2. The number of hydrogen-bond donors (Lipinski definition) is 2. The Morgan fingerprint density at radius 1 is 1.00 bits per heavy atom. The lowest BCUT2D eigenvalue weighted by Gasteiger charge is -2.13. The summed E-state index contributed by atoms with van der Waals surface area (Å²) in [5.41, 5.74) is 5.05. The number of carbonyl (C=O) groups excluding carboxylic acids is 1. The molecule has 3 aromatic carbocycles. The molecule has 0 radical (unpaired) electrons.